The van der Waals surface area contributed by atoms with Crippen molar-refractivity contribution in [3.63, 3.8) is 0 Å². The summed E-state index contributed by atoms with van der Waals surface area (Å²) in [7, 11) is -6.11. The molecule has 1 aromatic heterocycles. The van der Waals surface area contributed by atoms with E-state index in [1.54, 1.807) is 30.3 Å². The zero-order chi connectivity index (χ0) is 27.8. The smallest absolute Gasteiger partial charge is 0.307 e. The molecule has 0 unspecified atom stereocenters. The number of carbonyl (C=O) groups is 1. The topological polar surface area (TPSA) is 112 Å². The number of hydrogen-bond acceptors (Lipinski definition) is 6. The molecule has 1 saturated heterocycles. The van der Waals surface area contributed by atoms with E-state index < -0.39 is 43.0 Å². The highest BCUT2D eigenvalue weighted by atomic mass is 32.2. The fourth-order valence-electron chi connectivity index (χ4n) is 5.26. The fourth-order valence-corrected chi connectivity index (χ4v) is 8.52. The first kappa shape index (κ1) is 27.1. The van der Waals surface area contributed by atoms with Crippen LogP contribution in [0.4, 0.5) is 0 Å². The third-order valence-electron chi connectivity index (χ3n) is 7.33. The molecule has 5 rings (SSSR count). The first-order chi connectivity index (χ1) is 18.6. The number of hydrogen-bond donors (Lipinski definition) is 1. The van der Waals surface area contributed by atoms with E-state index in [4.69, 9.17) is 4.74 Å². The van der Waals surface area contributed by atoms with Gasteiger partial charge in [-0.15, -0.1) is 0 Å². The van der Waals surface area contributed by atoms with Crippen molar-refractivity contribution in [1.82, 2.24) is 9.29 Å². The maximum Gasteiger partial charge on any atom is 0.307 e. The highest BCUT2D eigenvalue weighted by molar-refractivity contribution is 7.92. The first-order valence-electron chi connectivity index (χ1n) is 12.6. The highest BCUT2D eigenvalue weighted by Gasteiger charge is 2.45. The van der Waals surface area contributed by atoms with Crippen LogP contribution < -0.4 is 4.72 Å². The normalized spacial score (nSPS) is 19.1. The number of carbonyl (C=O) groups excluding carboxylic acids is 1. The Morgan fingerprint density at radius 2 is 1.59 bits per heavy atom. The summed E-state index contributed by atoms with van der Waals surface area (Å²) in [6, 6.07) is 21.3. The van der Waals surface area contributed by atoms with Crippen molar-refractivity contribution in [2.24, 2.45) is 13.0 Å². The van der Waals surface area contributed by atoms with E-state index in [1.807, 2.05) is 49.0 Å². The largest absolute Gasteiger partial charge is 0.465 e. The van der Waals surface area contributed by atoms with Crippen LogP contribution in [0.3, 0.4) is 0 Å². The number of esters is 1. The summed E-state index contributed by atoms with van der Waals surface area (Å²) in [4.78, 5) is 12.5. The lowest BCUT2D eigenvalue weighted by Gasteiger charge is -2.36. The molecule has 1 aliphatic heterocycles. The zero-order valence-corrected chi connectivity index (χ0v) is 23.3. The molecule has 2 heterocycles. The van der Waals surface area contributed by atoms with Gasteiger partial charge in [0.15, 0.2) is 9.84 Å². The Hall–Kier alpha value is -3.47. The minimum Gasteiger partial charge on any atom is -0.465 e. The Bertz CT molecular complexity index is 1710. The second-order valence-electron chi connectivity index (χ2n) is 9.97. The molecule has 0 spiro atoms. The van der Waals surface area contributed by atoms with Crippen molar-refractivity contribution in [2.45, 2.75) is 40.8 Å². The molecule has 0 saturated carbocycles. The van der Waals surface area contributed by atoms with Crippen LogP contribution in [0, 0.1) is 12.8 Å². The van der Waals surface area contributed by atoms with Gasteiger partial charge in [0, 0.05) is 36.1 Å². The number of aryl methyl sites for hydroxylation is 2. The van der Waals surface area contributed by atoms with Gasteiger partial charge in [-0.3, -0.25) is 4.79 Å². The van der Waals surface area contributed by atoms with Crippen molar-refractivity contribution < 1.29 is 26.4 Å². The van der Waals surface area contributed by atoms with Gasteiger partial charge in [-0.2, -0.15) is 0 Å². The van der Waals surface area contributed by atoms with Crippen molar-refractivity contribution in [2.75, 3.05) is 6.61 Å². The molecule has 1 aliphatic rings. The molecule has 204 valence electrons. The number of cyclic esters (lactones) is 1. The van der Waals surface area contributed by atoms with E-state index in [1.165, 1.54) is 24.3 Å². The van der Waals surface area contributed by atoms with Gasteiger partial charge < -0.3 is 9.30 Å². The third kappa shape index (κ3) is 5.50. The predicted octanol–water partition coefficient (Wildman–Crippen LogP) is 3.78. The van der Waals surface area contributed by atoms with Gasteiger partial charge in [0.05, 0.1) is 28.1 Å². The molecule has 8 nitrogen and oxygen atoms in total. The van der Waals surface area contributed by atoms with Crippen LogP contribution in [-0.4, -0.2) is 45.3 Å². The highest BCUT2D eigenvalue weighted by Crippen LogP contribution is 2.33. The number of aromatic nitrogens is 1. The summed E-state index contributed by atoms with van der Waals surface area (Å²) in [5.41, 5.74) is 2.74. The molecule has 1 N–H and O–H groups in total. The van der Waals surface area contributed by atoms with Gasteiger partial charge in [0.25, 0.3) is 0 Å². The molecule has 0 aliphatic carbocycles. The maximum absolute atomic E-state index is 13.8. The number of para-hydroxylation sites is 1. The number of ether oxygens (including phenoxy) is 1. The van der Waals surface area contributed by atoms with Crippen LogP contribution in [0.2, 0.25) is 0 Å². The number of rotatable bonds is 8. The van der Waals surface area contributed by atoms with Crippen LogP contribution >= 0.6 is 0 Å². The van der Waals surface area contributed by atoms with Crippen molar-refractivity contribution in [3.05, 3.63) is 96.2 Å². The lowest BCUT2D eigenvalue weighted by Crippen LogP contribution is -2.52. The average molecular weight is 567 g/mol. The summed E-state index contributed by atoms with van der Waals surface area (Å²) in [5.74, 6) is -1.45. The Labute approximate surface area is 228 Å². The van der Waals surface area contributed by atoms with Gasteiger partial charge in [-0.25, -0.2) is 21.6 Å². The second kappa shape index (κ2) is 10.6. The van der Waals surface area contributed by atoms with Crippen molar-refractivity contribution in [1.29, 1.82) is 0 Å². The molecule has 3 atom stereocenters. The van der Waals surface area contributed by atoms with Crippen LogP contribution in [0.25, 0.3) is 10.9 Å². The standard InChI is InChI=1S/C29H30N2O6S2/c1-20-12-14-23(15-13-20)39(35,36)30-26(16-21-18-31(2)27-11-7-6-10-24(21)27)25-19-37-29(32)17-28(25)38(33,34)22-8-4-3-5-9-22/h3-15,18,25-26,28,30H,16-17,19H2,1-2H3/t25-,26-,28+/m0/s1. The van der Waals surface area contributed by atoms with E-state index in [0.29, 0.717) is 0 Å². The Morgan fingerprint density at radius 1 is 0.923 bits per heavy atom. The molecule has 0 amide bonds. The number of benzene rings is 3. The number of sulfonamides is 1. The number of sulfone groups is 1. The van der Waals surface area contributed by atoms with Crippen LogP contribution in [0.15, 0.2) is 94.9 Å². The quantitative estimate of drug-likeness (QED) is 0.325. The second-order valence-corrected chi connectivity index (χ2v) is 13.9. The zero-order valence-electron chi connectivity index (χ0n) is 21.6. The van der Waals surface area contributed by atoms with Gasteiger partial charge in [-0.1, -0.05) is 54.1 Å². The third-order valence-corrected chi connectivity index (χ3v) is 11.1. The van der Waals surface area contributed by atoms with Gasteiger partial charge in [0.1, 0.15) is 0 Å². The molecular weight excluding hydrogens is 536 g/mol. The monoisotopic (exact) mass is 566 g/mol. The van der Waals surface area contributed by atoms with Crippen molar-refractivity contribution in [3.8, 4) is 0 Å². The fraction of sp³-hybridized carbons (Fsp3) is 0.276. The molecule has 1 fully saturated rings. The first-order valence-corrected chi connectivity index (χ1v) is 15.7. The molecule has 39 heavy (non-hydrogen) atoms. The van der Waals surface area contributed by atoms with E-state index in [2.05, 4.69) is 4.72 Å². The summed E-state index contributed by atoms with van der Waals surface area (Å²) >= 11 is 0. The summed E-state index contributed by atoms with van der Waals surface area (Å²) < 4.78 is 64.9. The minimum atomic E-state index is -4.03. The molecule has 3 aromatic carbocycles. The molecule has 0 radical (unpaired) electrons. The Kier molecular flexibility index (Phi) is 7.37. The van der Waals surface area contributed by atoms with Crippen LogP contribution in [0.1, 0.15) is 17.5 Å². The number of nitrogens with zero attached hydrogens (tertiary/aromatic N) is 1. The van der Waals surface area contributed by atoms with E-state index in [9.17, 15) is 21.6 Å². The van der Waals surface area contributed by atoms with Gasteiger partial charge >= 0.3 is 5.97 Å². The predicted molar refractivity (Wildman–Crippen MR) is 148 cm³/mol. The number of nitrogens with one attached hydrogen (secondary N) is 1. The average Bonchev–Trinajstić information content (AvgIpc) is 3.24. The SMILES string of the molecule is Cc1ccc(S(=O)(=O)N[C@@H](Cc2cn(C)c3ccccc23)[C@@H]2COC(=O)C[C@H]2S(=O)(=O)c2ccccc2)cc1. The number of fused-ring (bicyclic) bond motifs is 1. The van der Waals surface area contributed by atoms with E-state index in [0.717, 1.165) is 22.0 Å². The minimum absolute atomic E-state index is 0.0753. The molecule has 10 heteroatoms. The lowest BCUT2D eigenvalue weighted by atomic mass is 9.89. The summed E-state index contributed by atoms with van der Waals surface area (Å²) in [6.45, 7) is 1.64. The summed E-state index contributed by atoms with van der Waals surface area (Å²) in [6.07, 6.45) is 1.77. The lowest BCUT2D eigenvalue weighted by molar-refractivity contribution is -0.149. The Balaban J connectivity index is 1.59. The Morgan fingerprint density at radius 3 is 2.31 bits per heavy atom. The van der Waals surface area contributed by atoms with Crippen LogP contribution in [-0.2, 0) is 42.9 Å². The summed E-state index contributed by atoms with van der Waals surface area (Å²) in [5, 5.41) is -0.225. The molecule has 0 bridgehead atoms. The molecular formula is C29H30N2O6S2. The van der Waals surface area contributed by atoms with Crippen molar-refractivity contribution >= 4 is 36.7 Å². The van der Waals surface area contributed by atoms with E-state index >= 15 is 0 Å². The van der Waals surface area contributed by atoms with Gasteiger partial charge in [0.2, 0.25) is 10.0 Å². The maximum atomic E-state index is 13.8. The van der Waals surface area contributed by atoms with Crippen LogP contribution in [0.5, 0.6) is 0 Å². The van der Waals surface area contributed by atoms with E-state index in [-0.39, 0.29) is 29.2 Å². The molecule has 4 aromatic rings. The van der Waals surface area contributed by atoms with Gasteiger partial charge in [-0.05, 0) is 49.2 Å².